The van der Waals surface area contributed by atoms with E-state index < -0.39 is 17.7 Å². The molecule has 0 aliphatic carbocycles. The number of nitrogens with one attached hydrogen (secondary N) is 1. The lowest BCUT2D eigenvalue weighted by molar-refractivity contribution is -0.137. The van der Waals surface area contributed by atoms with Crippen LogP contribution in [0.3, 0.4) is 0 Å². The molecule has 1 amide bonds. The summed E-state index contributed by atoms with van der Waals surface area (Å²) in [5.74, 6) is -1.20. The Morgan fingerprint density at radius 3 is 2.38 bits per heavy atom. The molecular formula is C23H28F3N5O3. The van der Waals surface area contributed by atoms with Crippen molar-refractivity contribution in [1.29, 1.82) is 0 Å². The van der Waals surface area contributed by atoms with Crippen LogP contribution >= 0.6 is 0 Å². The maximum atomic E-state index is 13.3. The van der Waals surface area contributed by atoms with E-state index in [4.69, 9.17) is 5.11 Å². The van der Waals surface area contributed by atoms with Gasteiger partial charge in [-0.25, -0.2) is 9.59 Å². The zero-order valence-corrected chi connectivity index (χ0v) is 18.9. The van der Waals surface area contributed by atoms with E-state index in [-0.39, 0.29) is 17.3 Å². The predicted octanol–water partition coefficient (Wildman–Crippen LogP) is 3.81. The zero-order chi connectivity index (χ0) is 24.5. The summed E-state index contributed by atoms with van der Waals surface area (Å²) in [5.41, 5.74) is 0.331. The molecule has 2 N–H and O–H groups in total. The van der Waals surface area contributed by atoms with Gasteiger partial charge in [0.05, 0.1) is 5.56 Å². The molecule has 34 heavy (non-hydrogen) atoms. The normalized spacial score (nSPS) is 18.4. The number of hydrogen-bond donors (Lipinski definition) is 2. The molecule has 2 fully saturated rings. The second-order valence-electron chi connectivity index (χ2n) is 9.17. The molecule has 184 valence electrons. The molecule has 0 saturated carbocycles. The molecule has 1 aromatic carbocycles. The summed E-state index contributed by atoms with van der Waals surface area (Å²) >= 11 is 0. The lowest BCUT2D eigenvalue weighted by Crippen LogP contribution is -2.53. The monoisotopic (exact) mass is 479 g/mol. The highest BCUT2D eigenvalue weighted by molar-refractivity contribution is 5.86. The smallest absolute Gasteiger partial charge is 0.416 e. The van der Waals surface area contributed by atoms with Crippen LogP contribution in [0.25, 0.3) is 0 Å². The number of hydrogen-bond acceptors (Lipinski definition) is 5. The highest BCUT2D eigenvalue weighted by Gasteiger charge is 2.34. The van der Waals surface area contributed by atoms with Crippen LogP contribution in [-0.4, -0.2) is 63.5 Å². The summed E-state index contributed by atoms with van der Waals surface area (Å²) in [5, 5.41) is 16.3. The fourth-order valence-corrected chi connectivity index (χ4v) is 4.51. The average Bonchev–Trinajstić information content (AvgIpc) is 3.50. The minimum Gasteiger partial charge on any atom is -0.476 e. The van der Waals surface area contributed by atoms with Gasteiger partial charge >= 0.3 is 18.2 Å². The van der Waals surface area contributed by atoms with Crippen LogP contribution in [0.15, 0.2) is 30.5 Å². The van der Waals surface area contributed by atoms with E-state index in [1.54, 1.807) is 11.0 Å². The number of aromatic nitrogens is 2. The Morgan fingerprint density at radius 1 is 1.12 bits per heavy atom. The van der Waals surface area contributed by atoms with Crippen LogP contribution in [-0.2, 0) is 12.7 Å². The molecule has 2 aliphatic rings. The molecule has 8 nitrogen and oxygen atoms in total. The number of halogens is 3. The Hall–Kier alpha value is -3.08. The largest absolute Gasteiger partial charge is 0.476 e. The van der Waals surface area contributed by atoms with Gasteiger partial charge in [-0.3, -0.25) is 0 Å². The van der Waals surface area contributed by atoms with E-state index in [0.717, 1.165) is 42.2 Å². The summed E-state index contributed by atoms with van der Waals surface area (Å²) in [6.07, 6.45) is 0.175. The number of carboxylic acids is 1. The van der Waals surface area contributed by atoms with Gasteiger partial charge in [0.2, 0.25) is 0 Å². The minimum absolute atomic E-state index is 0.192. The van der Waals surface area contributed by atoms with Crippen molar-refractivity contribution < 1.29 is 27.9 Å². The third kappa shape index (κ3) is 5.19. The molecule has 2 saturated heterocycles. The molecule has 0 radical (unpaired) electrons. The summed E-state index contributed by atoms with van der Waals surface area (Å²) in [6, 6.07) is 4.84. The summed E-state index contributed by atoms with van der Waals surface area (Å²) in [6.45, 7) is 4.88. The van der Waals surface area contributed by atoms with Crippen LogP contribution in [0, 0.1) is 0 Å². The lowest BCUT2D eigenvalue weighted by atomic mass is 9.89. The molecule has 2 aliphatic heterocycles. The van der Waals surface area contributed by atoms with Crippen molar-refractivity contribution in [2.75, 3.05) is 31.1 Å². The van der Waals surface area contributed by atoms with Crippen molar-refractivity contribution in [2.45, 2.75) is 50.9 Å². The molecule has 0 atom stereocenters. The van der Waals surface area contributed by atoms with Gasteiger partial charge in [-0.15, -0.1) is 0 Å². The van der Waals surface area contributed by atoms with Gasteiger partial charge in [-0.1, -0.05) is 6.07 Å². The number of alkyl halides is 3. The summed E-state index contributed by atoms with van der Waals surface area (Å²) in [7, 11) is 0. The number of nitrogens with zero attached hydrogens (tertiary/aromatic N) is 4. The van der Waals surface area contributed by atoms with E-state index in [2.05, 4.69) is 10.4 Å². The van der Waals surface area contributed by atoms with Gasteiger partial charge in [0.15, 0.2) is 5.69 Å². The third-order valence-corrected chi connectivity index (χ3v) is 6.71. The Kier molecular flexibility index (Phi) is 6.57. The quantitative estimate of drug-likeness (QED) is 0.678. The number of carbonyl (C=O) groups is 2. The summed E-state index contributed by atoms with van der Waals surface area (Å²) in [4.78, 5) is 27.3. The number of anilines is 1. The number of rotatable bonds is 5. The zero-order valence-electron chi connectivity index (χ0n) is 18.9. The molecule has 11 heteroatoms. The number of carbonyl (C=O) groups excluding carboxylic acids is 1. The molecule has 0 spiro atoms. The third-order valence-electron chi connectivity index (χ3n) is 6.71. The van der Waals surface area contributed by atoms with E-state index >= 15 is 0 Å². The van der Waals surface area contributed by atoms with Gasteiger partial charge in [0.25, 0.3) is 0 Å². The molecule has 0 unspecified atom stereocenters. The first kappa shape index (κ1) is 24.1. The second kappa shape index (κ2) is 9.28. The van der Waals surface area contributed by atoms with Crippen LogP contribution < -0.4 is 10.2 Å². The lowest BCUT2D eigenvalue weighted by Gasteiger charge is -2.40. The van der Waals surface area contributed by atoms with Crippen molar-refractivity contribution in [3.63, 3.8) is 0 Å². The van der Waals surface area contributed by atoms with Crippen molar-refractivity contribution in [1.82, 2.24) is 20.0 Å². The van der Waals surface area contributed by atoms with Crippen LogP contribution in [0.2, 0.25) is 0 Å². The first-order chi connectivity index (χ1) is 16.1. The number of aromatic carboxylic acids is 1. The highest BCUT2D eigenvalue weighted by atomic mass is 19.4. The van der Waals surface area contributed by atoms with Crippen LogP contribution in [0.4, 0.5) is 23.7 Å². The second-order valence-corrected chi connectivity index (χ2v) is 9.17. The maximum Gasteiger partial charge on any atom is 0.416 e. The molecule has 3 heterocycles. The van der Waals surface area contributed by atoms with Gasteiger partial charge in [0.1, 0.15) is 0 Å². The minimum atomic E-state index is -4.38. The molecule has 0 bridgehead atoms. The van der Waals surface area contributed by atoms with Crippen LogP contribution in [0.5, 0.6) is 0 Å². The van der Waals surface area contributed by atoms with E-state index in [9.17, 15) is 22.8 Å². The number of likely N-dealkylation sites (tertiary alicyclic amines) is 1. The van der Waals surface area contributed by atoms with Crippen molar-refractivity contribution in [2.24, 2.45) is 0 Å². The number of amides is 1. The van der Waals surface area contributed by atoms with Crippen molar-refractivity contribution >= 4 is 17.7 Å². The highest BCUT2D eigenvalue weighted by Crippen LogP contribution is 2.35. The van der Waals surface area contributed by atoms with Gasteiger partial charge in [-0.05, 0) is 56.4 Å². The topological polar surface area (TPSA) is 90.7 Å². The SMILES string of the molecule is CC1(NCc2ccc(C(F)(F)F)cc2N2CCCC2)CCN(C(=O)n2ccc(C(=O)O)n2)CC1. The average molecular weight is 480 g/mol. The van der Waals surface area contributed by atoms with E-state index in [1.807, 2.05) is 11.8 Å². The van der Waals surface area contributed by atoms with Gasteiger partial charge in [-0.2, -0.15) is 23.0 Å². The first-order valence-electron chi connectivity index (χ1n) is 11.3. The van der Waals surface area contributed by atoms with Gasteiger partial charge in [0, 0.05) is 50.1 Å². The number of benzene rings is 1. The van der Waals surface area contributed by atoms with Gasteiger partial charge < -0.3 is 20.2 Å². The van der Waals surface area contributed by atoms with Crippen molar-refractivity contribution in [3.05, 3.63) is 47.3 Å². The maximum absolute atomic E-state index is 13.3. The molecule has 4 rings (SSSR count). The van der Waals surface area contributed by atoms with E-state index in [1.165, 1.54) is 18.3 Å². The predicted molar refractivity (Wildman–Crippen MR) is 119 cm³/mol. The molecule has 1 aromatic heterocycles. The number of piperidine rings is 1. The fraction of sp³-hybridized carbons (Fsp3) is 0.522. The van der Waals surface area contributed by atoms with Crippen molar-refractivity contribution in [3.8, 4) is 0 Å². The Balaban J connectivity index is 1.40. The Labute approximate surface area is 195 Å². The van der Waals surface area contributed by atoms with Crippen LogP contribution in [0.1, 0.15) is 54.2 Å². The molecule has 2 aromatic rings. The Morgan fingerprint density at radius 2 is 1.79 bits per heavy atom. The molecular weight excluding hydrogens is 451 g/mol. The fourth-order valence-electron chi connectivity index (χ4n) is 4.51. The first-order valence-corrected chi connectivity index (χ1v) is 11.3. The number of carboxylic acid groups (broad SMARTS) is 1. The summed E-state index contributed by atoms with van der Waals surface area (Å²) < 4.78 is 40.9. The Bertz CT molecular complexity index is 1050. The van der Waals surface area contributed by atoms with E-state index in [0.29, 0.717) is 38.2 Å². The standard InChI is InChI=1S/C23H28F3N5O3/c1-22(7-12-30(13-8-22)21(34)31-11-6-18(28-31)20(32)33)27-15-16-4-5-17(23(24,25)26)14-19(16)29-9-2-3-10-29/h4-6,11,14,27H,2-3,7-10,12-13,15H2,1H3,(H,32,33).